The van der Waals surface area contributed by atoms with Crippen LogP contribution in [0.4, 0.5) is 0 Å². The highest BCUT2D eigenvalue weighted by Crippen LogP contribution is 2.34. The van der Waals surface area contributed by atoms with Crippen molar-refractivity contribution < 1.29 is 29.3 Å². The summed E-state index contributed by atoms with van der Waals surface area (Å²) in [4.78, 5) is 36.0. The van der Waals surface area contributed by atoms with Gasteiger partial charge >= 0.3 is 5.97 Å². The molecule has 9 nitrogen and oxygen atoms in total. The summed E-state index contributed by atoms with van der Waals surface area (Å²) in [6, 6.07) is 0. The van der Waals surface area contributed by atoms with Crippen molar-refractivity contribution in [3.8, 4) is 0 Å². The lowest BCUT2D eigenvalue weighted by molar-refractivity contribution is -0.150. The molecule has 0 atom stereocenters. The first kappa shape index (κ1) is 40.4. The van der Waals surface area contributed by atoms with Crippen molar-refractivity contribution in [2.45, 2.75) is 139 Å². The lowest BCUT2D eigenvalue weighted by Crippen LogP contribution is -2.51. The Hall–Kier alpha value is -1.71. The number of hydrogen-bond acceptors (Lipinski definition) is 6. The number of amides is 2. The van der Waals surface area contributed by atoms with E-state index in [0.29, 0.717) is 38.3 Å². The molecule has 0 aliphatic carbocycles. The zero-order valence-corrected chi connectivity index (χ0v) is 28.0. The molecule has 0 unspecified atom stereocenters. The topological polar surface area (TPSA) is 137 Å². The molecule has 0 aromatic heterocycles. The van der Waals surface area contributed by atoms with Crippen molar-refractivity contribution in [1.82, 2.24) is 16.0 Å². The Morgan fingerprint density at radius 2 is 1.38 bits per heavy atom. The Morgan fingerprint density at radius 1 is 0.825 bits per heavy atom. The third kappa shape index (κ3) is 19.4. The van der Waals surface area contributed by atoms with E-state index >= 15 is 0 Å². The molecular formula is C31H63N3O6. The van der Waals surface area contributed by atoms with Crippen LogP contribution in [-0.2, 0) is 19.1 Å². The van der Waals surface area contributed by atoms with Gasteiger partial charge < -0.3 is 30.9 Å². The van der Waals surface area contributed by atoms with E-state index in [4.69, 9.17) is 9.84 Å². The first-order valence-corrected chi connectivity index (χ1v) is 14.7. The number of carboxylic acids is 1. The number of ether oxygens (including phenoxy) is 1. The minimum absolute atomic E-state index is 0.0586. The molecule has 0 bridgehead atoms. The number of carbonyl (C=O) groups is 3. The molecule has 0 aliphatic heterocycles. The minimum Gasteiger partial charge on any atom is -0.481 e. The number of carbonyl (C=O) groups excluding carboxylic acids is 2. The summed E-state index contributed by atoms with van der Waals surface area (Å²) in [6.07, 6.45) is 2.89. The second-order valence-corrected chi connectivity index (χ2v) is 14.5. The monoisotopic (exact) mass is 573 g/mol. The van der Waals surface area contributed by atoms with Gasteiger partial charge in [-0.2, -0.15) is 0 Å². The van der Waals surface area contributed by atoms with Gasteiger partial charge in [-0.3, -0.25) is 14.4 Å². The van der Waals surface area contributed by atoms with E-state index in [1.165, 1.54) is 0 Å². The Bertz CT molecular complexity index is 765. The summed E-state index contributed by atoms with van der Waals surface area (Å²) < 4.78 is 6.03. The second-order valence-electron chi connectivity index (χ2n) is 14.5. The highest BCUT2D eigenvalue weighted by molar-refractivity contribution is 5.84. The van der Waals surface area contributed by atoms with Crippen molar-refractivity contribution in [3.05, 3.63) is 0 Å². The Kier molecular flexibility index (Phi) is 17.5. The van der Waals surface area contributed by atoms with Crippen LogP contribution in [0.15, 0.2) is 0 Å². The Morgan fingerprint density at radius 3 is 1.82 bits per heavy atom. The van der Waals surface area contributed by atoms with Crippen LogP contribution in [-0.4, -0.2) is 71.0 Å². The molecule has 40 heavy (non-hydrogen) atoms. The molecule has 0 radical (unpaired) electrons. The van der Waals surface area contributed by atoms with E-state index in [9.17, 15) is 19.5 Å². The van der Waals surface area contributed by atoms with Crippen LogP contribution in [0.2, 0.25) is 0 Å². The molecule has 0 aromatic rings. The molecule has 0 heterocycles. The Balaban J connectivity index is 0. The highest BCUT2D eigenvalue weighted by atomic mass is 16.5. The molecule has 0 spiro atoms. The van der Waals surface area contributed by atoms with Gasteiger partial charge in [0.1, 0.15) is 0 Å². The molecule has 0 saturated heterocycles. The molecular weight excluding hydrogens is 510 g/mol. The molecule has 0 saturated carbocycles. The summed E-state index contributed by atoms with van der Waals surface area (Å²) in [5.41, 5.74) is -2.58. The van der Waals surface area contributed by atoms with Gasteiger partial charge in [-0.15, -0.1) is 0 Å². The second kappa shape index (κ2) is 17.3. The van der Waals surface area contributed by atoms with Gasteiger partial charge in [-0.1, -0.05) is 34.6 Å². The van der Waals surface area contributed by atoms with Crippen molar-refractivity contribution >= 4 is 17.8 Å². The van der Waals surface area contributed by atoms with Gasteiger partial charge in [0.15, 0.2) is 0 Å². The van der Waals surface area contributed by atoms with Crippen molar-refractivity contribution in [1.29, 1.82) is 0 Å². The predicted octanol–water partition coefficient (Wildman–Crippen LogP) is 4.90. The number of rotatable bonds is 18. The number of aliphatic carboxylic acids is 1. The average Bonchev–Trinajstić information content (AvgIpc) is 2.71. The number of hydrogen-bond donors (Lipinski definition) is 5. The summed E-state index contributed by atoms with van der Waals surface area (Å²) in [5.74, 6) is -0.687. The molecule has 0 aromatic carbocycles. The van der Waals surface area contributed by atoms with E-state index < -0.39 is 27.9 Å². The summed E-state index contributed by atoms with van der Waals surface area (Å²) in [5, 5.41) is 27.2. The molecule has 9 heteroatoms. The van der Waals surface area contributed by atoms with Crippen LogP contribution >= 0.6 is 0 Å². The fraction of sp³-hybridized carbons (Fsp3) is 0.903. The van der Waals surface area contributed by atoms with Crippen LogP contribution in [0.5, 0.6) is 0 Å². The van der Waals surface area contributed by atoms with Crippen LogP contribution in [0.25, 0.3) is 0 Å². The number of nitrogens with one attached hydrogen (secondary N) is 3. The summed E-state index contributed by atoms with van der Waals surface area (Å²) in [6.45, 7) is 27.2. The lowest BCUT2D eigenvalue weighted by Gasteiger charge is -2.36. The predicted molar refractivity (Wildman–Crippen MR) is 163 cm³/mol. The molecule has 5 N–H and O–H groups in total. The van der Waals surface area contributed by atoms with Gasteiger partial charge in [0.05, 0.1) is 11.0 Å². The molecule has 0 rings (SSSR count). The van der Waals surface area contributed by atoms with E-state index in [0.717, 1.165) is 13.0 Å². The molecule has 2 amide bonds. The van der Waals surface area contributed by atoms with Crippen molar-refractivity contribution in [2.24, 2.45) is 16.7 Å². The standard InChI is InChI=1S/C24H46N2O5.C7H17NO/c1-17(2)15-18(27)25-13-11-24(9,10)31-14-12-23(7,8)26-19(28)21(3,4)16-22(5,6)20(29)30;1-4-8-7(2,3)5-6-9/h17H,11-16H2,1-10H3,(H,25,27)(H,26,28)(H,29,30);8-9H,4-6H2,1-3H3. The van der Waals surface area contributed by atoms with Crippen molar-refractivity contribution in [3.63, 3.8) is 0 Å². The first-order valence-electron chi connectivity index (χ1n) is 14.7. The van der Waals surface area contributed by atoms with E-state index in [-0.39, 0.29) is 30.4 Å². The van der Waals surface area contributed by atoms with Gasteiger partial charge in [0.25, 0.3) is 0 Å². The maximum Gasteiger partial charge on any atom is 0.309 e. The first-order chi connectivity index (χ1) is 17.9. The van der Waals surface area contributed by atoms with Gasteiger partial charge in [-0.05, 0) is 93.5 Å². The number of aliphatic hydroxyl groups is 1. The van der Waals surface area contributed by atoms with E-state index in [2.05, 4.69) is 36.7 Å². The number of carboxylic acid groups (broad SMARTS) is 1. The quantitative estimate of drug-likeness (QED) is 0.157. The molecule has 0 fully saturated rings. The maximum atomic E-state index is 12.8. The van der Waals surface area contributed by atoms with E-state index in [1.807, 2.05) is 41.5 Å². The SMILES string of the molecule is CC(C)CC(=O)NCCC(C)(C)OCCC(C)(C)NC(=O)C(C)(C)CC(C)(C)C(=O)O.CCNC(C)(C)CCO. The van der Waals surface area contributed by atoms with Crippen LogP contribution < -0.4 is 16.0 Å². The fourth-order valence-electron chi connectivity index (χ4n) is 4.25. The molecule has 0 aliphatic rings. The maximum absolute atomic E-state index is 12.8. The zero-order chi connectivity index (χ0) is 32.0. The smallest absolute Gasteiger partial charge is 0.309 e. The van der Waals surface area contributed by atoms with Gasteiger partial charge in [-0.25, -0.2) is 0 Å². The molecule has 238 valence electrons. The highest BCUT2D eigenvalue weighted by Gasteiger charge is 2.40. The lowest BCUT2D eigenvalue weighted by atomic mass is 9.74. The van der Waals surface area contributed by atoms with Gasteiger partial charge in [0, 0.05) is 42.7 Å². The normalized spacial score (nSPS) is 13.0. The van der Waals surface area contributed by atoms with Crippen molar-refractivity contribution in [2.75, 3.05) is 26.3 Å². The van der Waals surface area contributed by atoms with Gasteiger partial charge in [0.2, 0.25) is 11.8 Å². The fourth-order valence-corrected chi connectivity index (χ4v) is 4.25. The third-order valence-electron chi connectivity index (χ3n) is 6.78. The average molecular weight is 574 g/mol. The Labute approximate surface area is 245 Å². The van der Waals surface area contributed by atoms with E-state index in [1.54, 1.807) is 27.7 Å². The van der Waals surface area contributed by atoms with Crippen LogP contribution in [0.3, 0.4) is 0 Å². The summed E-state index contributed by atoms with van der Waals surface area (Å²) >= 11 is 0. The largest absolute Gasteiger partial charge is 0.481 e. The van der Waals surface area contributed by atoms with Crippen LogP contribution in [0, 0.1) is 16.7 Å². The van der Waals surface area contributed by atoms with Crippen LogP contribution in [0.1, 0.15) is 122 Å². The number of aliphatic hydroxyl groups excluding tert-OH is 1. The summed E-state index contributed by atoms with van der Waals surface area (Å²) in [7, 11) is 0. The zero-order valence-electron chi connectivity index (χ0n) is 28.0. The minimum atomic E-state index is -0.983. The third-order valence-corrected chi connectivity index (χ3v) is 6.78.